The molecule has 1 aromatic rings. The van der Waals surface area contributed by atoms with E-state index in [9.17, 15) is 9.90 Å². The number of methoxy groups -OCH3 is 1. The molecule has 21 heavy (non-hydrogen) atoms. The predicted molar refractivity (Wildman–Crippen MR) is 84.7 cm³/mol. The van der Waals surface area contributed by atoms with Gasteiger partial charge < -0.3 is 19.5 Å². The normalized spacial score (nSPS) is 22.8. The first-order valence-corrected chi connectivity index (χ1v) is 7.51. The lowest BCUT2D eigenvalue weighted by Crippen LogP contribution is -2.29. The molecular weight excluding hydrogens is 266 g/mol. The molecule has 1 atom stereocenters. The number of phenols is 1. The Morgan fingerprint density at radius 3 is 2.43 bits per heavy atom. The summed E-state index contributed by atoms with van der Waals surface area (Å²) in [4.78, 5) is 13.8. The summed E-state index contributed by atoms with van der Waals surface area (Å²) in [6.07, 6.45) is 3.89. The molecule has 1 aliphatic heterocycles. The van der Waals surface area contributed by atoms with E-state index in [0.29, 0.717) is 0 Å². The van der Waals surface area contributed by atoms with E-state index in [4.69, 9.17) is 0 Å². The number of carbonyl (C=O) groups excluding carboxylic acids is 1. The molecule has 1 fully saturated rings. The van der Waals surface area contributed by atoms with E-state index < -0.39 is 0 Å². The van der Waals surface area contributed by atoms with Gasteiger partial charge in [0.1, 0.15) is 12.0 Å². The van der Waals surface area contributed by atoms with E-state index in [1.165, 1.54) is 0 Å². The summed E-state index contributed by atoms with van der Waals surface area (Å²) in [5.41, 5.74) is 0.666. The molecule has 1 aliphatic rings. The van der Waals surface area contributed by atoms with Gasteiger partial charge in [-0.05, 0) is 64.0 Å². The highest BCUT2D eigenvalue weighted by atomic mass is 16.5. The minimum Gasteiger partial charge on any atom is -0.508 e. The van der Waals surface area contributed by atoms with Crippen LogP contribution in [0.5, 0.6) is 5.75 Å². The second kappa shape index (κ2) is 8.80. The zero-order valence-electron chi connectivity index (χ0n) is 13.3. The highest BCUT2D eigenvalue weighted by molar-refractivity contribution is 5.69. The summed E-state index contributed by atoms with van der Waals surface area (Å²) < 4.78 is 4.54. The number of aldehydes is 1. The first kappa shape index (κ1) is 17.7. The molecule has 1 heterocycles. The molecule has 0 bridgehead atoms. The van der Waals surface area contributed by atoms with Crippen molar-refractivity contribution in [2.75, 3.05) is 33.9 Å². The average molecular weight is 293 g/mol. The van der Waals surface area contributed by atoms with Crippen molar-refractivity contribution < 1.29 is 14.6 Å². The van der Waals surface area contributed by atoms with Crippen molar-refractivity contribution in [3.63, 3.8) is 0 Å². The topological polar surface area (TPSA) is 49.8 Å². The minimum absolute atomic E-state index is 0.250. The van der Waals surface area contributed by atoms with Gasteiger partial charge in [-0.2, -0.15) is 0 Å². The number of ether oxygens (including phenoxy) is 1. The maximum absolute atomic E-state index is 11.5. The molecule has 1 N–H and O–H groups in total. The van der Waals surface area contributed by atoms with Crippen molar-refractivity contribution >= 4 is 6.29 Å². The smallest absolute Gasteiger partial charge is 0.130 e. The lowest BCUT2D eigenvalue weighted by Gasteiger charge is -2.27. The fraction of sp³-hybridized carbons (Fsp3) is 0.588. The van der Waals surface area contributed by atoms with Gasteiger partial charge in [0.25, 0.3) is 0 Å². The van der Waals surface area contributed by atoms with E-state index in [0.717, 1.165) is 50.8 Å². The molecule has 0 aromatic heterocycles. The second-order valence-corrected chi connectivity index (χ2v) is 5.56. The third kappa shape index (κ3) is 5.14. The third-order valence-corrected chi connectivity index (χ3v) is 4.06. The minimum atomic E-state index is -0.363. The van der Waals surface area contributed by atoms with Crippen LogP contribution in [0, 0.1) is 0 Å². The second-order valence-electron chi connectivity index (χ2n) is 5.56. The molecule has 118 valence electrons. The van der Waals surface area contributed by atoms with Crippen molar-refractivity contribution in [1.29, 1.82) is 0 Å². The molecule has 0 radical (unpaired) electrons. The van der Waals surface area contributed by atoms with Crippen LogP contribution in [0.3, 0.4) is 0 Å². The summed E-state index contributed by atoms with van der Waals surface area (Å²) in [6, 6.07) is 7.06. The predicted octanol–water partition coefficient (Wildman–Crippen LogP) is 2.60. The van der Waals surface area contributed by atoms with Gasteiger partial charge in [0.15, 0.2) is 0 Å². The zero-order valence-corrected chi connectivity index (χ0v) is 13.3. The van der Waals surface area contributed by atoms with Crippen molar-refractivity contribution in [1.82, 2.24) is 4.90 Å². The van der Waals surface area contributed by atoms with E-state index in [2.05, 4.69) is 16.7 Å². The number of benzene rings is 1. The van der Waals surface area contributed by atoms with Gasteiger partial charge >= 0.3 is 0 Å². The number of hydrogen-bond donors (Lipinski definition) is 1. The van der Waals surface area contributed by atoms with Crippen LogP contribution in [0.25, 0.3) is 0 Å². The average Bonchev–Trinajstić information content (AvgIpc) is 2.71. The van der Waals surface area contributed by atoms with E-state index in [-0.39, 0.29) is 11.2 Å². The molecule has 1 unspecified atom stereocenters. The highest BCUT2D eigenvalue weighted by Crippen LogP contribution is 2.34. The monoisotopic (exact) mass is 293 g/mol. The lowest BCUT2D eigenvalue weighted by molar-refractivity contribution is -0.113. The maximum atomic E-state index is 11.5. The van der Waals surface area contributed by atoms with Crippen LogP contribution in [0.2, 0.25) is 0 Å². The molecule has 4 nitrogen and oxygen atoms in total. The highest BCUT2D eigenvalue weighted by Gasteiger charge is 2.33. The van der Waals surface area contributed by atoms with E-state index in [1.54, 1.807) is 19.2 Å². The van der Waals surface area contributed by atoms with Crippen LogP contribution in [0.4, 0.5) is 0 Å². The Morgan fingerprint density at radius 2 is 1.90 bits per heavy atom. The molecule has 0 amide bonds. The Bertz CT molecular complexity index is 417. The van der Waals surface area contributed by atoms with Crippen molar-refractivity contribution in [3.05, 3.63) is 29.8 Å². The number of rotatable bonds is 3. The Labute approximate surface area is 127 Å². The largest absolute Gasteiger partial charge is 0.508 e. The van der Waals surface area contributed by atoms with Crippen LogP contribution in [-0.2, 0) is 14.9 Å². The van der Waals surface area contributed by atoms with Crippen LogP contribution < -0.4 is 0 Å². The Kier molecular flexibility index (Phi) is 7.40. The molecule has 1 saturated heterocycles. The molecule has 0 saturated carbocycles. The van der Waals surface area contributed by atoms with Crippen molar-refractivity contribution in [3.8, 4) is 5.75 Å². The Balaban J connectivity index is 0.000000491. The van der Waals surface area contributed by atoms with Gasteiger partial charge in [-0.25, -0.2) is 0 Å². The van der Waals surface area contributed by atoms with E-state index >= 15 is 0 Å². The number of likely N-dealkylation sites (tertiary alicyclic amines) is 1. The fourth-order valence-corrected chi connectivity index (χ4v) is 2.56. The Hall–Kier alpha value is -1.39. The molecule has 0 aliphatic carbocycles. The summed E-state index contributed by atoms with van der Waals surface area (Å²) in [7, 11) is 3.78. The number of hydrogen-bond acceptors (Lipinski definition) is 4. The van der Waals surface area contributed by atoms with Gasteiger partial charge in [0.2, 0.25) is 0 Å². The van der Waals surface area contributed by atoms with Crippen molar-refractivity contribution in [2.45, 2.75) is 31.6 Å². The van der Waals surface area contributed by atoms with Gasteiger partial charge in [-0.3, -0.25) is 0 Å². The number of carbonyl (C=O) groups is 1. The first-order valence-electron chi connectivity index (χ1n) is 7.51. The van der Waals surface area contributed by atoms with Gasteiger partial charge in [-0.1, -0.05) is 12.1 Å². The van der Waals surface area contributed by atoms with Crippen LogP contribution in [0.1, 0.15) is 31.7 Å². The number of nitrogens with zero attached hydrogens (tertiary/aromatic N) is 1. The quantitative estimate of drug-likeness (QED) is 0.870. The summed E-state index contributed by atoms with van der Waals surface area (Å²) in [5.74, 6) is 0.250. The number of phenolic OH excluding ortho intramolecular Hbond substituents is 1. The molecule has 4 heteroatoms. The Morgan fingerprint density at radius 1 is 1.29 bits per heavy atom. The summed E-state index contributed by atoms with van der Waals surface area (Å²) in [6.45, 7) is 4.77. The van der Waals surface area contributed by atoms with Crippen LogP contribution in [-0.4, -0.2) is 50.1 Å². The van der Waals surface area contributed by atoms with Gasteiger partial charge in [-0.15, -0.1) is 0 Å². The lowest BCUT2D eigenvalue weighted by atomic mass is 9.76. The van der Waals surface area contributed by atoms with E-state index in [1.807, 2.05) is 19.1 Å². The first-order chi connectivity index (χ1) is 10.1. The fourth-order valence-electron chi connectivity index (χ4n) is 2.56. The van der Waals surface area contributed by atoms with Crippen LogP contribution >= 0.6 is 0 Å². The standard InChI is InChI=1S/C14H19NO2.C3H8O/c1-15-9-2-7-14(11-16,8-10-15)12-3-5-13(17)6-4-12;1-3-4-2/h3-6,11,17H,2,7-10H2,1H3;3H2,1-2H3. The van der Waals surface area contributed by atoms with Gasteiger partial charge in [0, 0.05) is 13.7 Å². The molecule has 1 aromatic carbocycles. The van der Waals surface area contributed by atoms with Crippen molar-refractivity contribution in [2.24, 2.45) is 0 Å². The molecule has 2 rings (SSSR count). The van der Waals surface area contributed by atoms with Gasteiger partial charge in [0.05, 0.1) is 5.41 Å². The molecular formula is C17H27NO3. The summed E-state index contributed by atoms with van der Waals surface area (Å²) >= 11 is 0. The summed E-state index contributed by atoms with van der Waals surface area (Å²) in [5, 5.41) is 9.31. The number of aromatic hydroxyl groups is 1. The zero-order chi connectivity index (χ0) is 15.7. The molecule has 0 spiro atoms. The SMILES string of the molecule is CCOC.CN1CCCC(C=O)(c2ccc(O)cc2)CC1. The third-order valence-electron chi connectivity index (χ3n) is 4.06. The van der Waals surface area contributed by atoms with Crippen LogP contribution in [0.15, 0.2) is 24.3 Å². The maximum Gasteiger partial charge on any atom is 0.130 e.